The Labute approximate surface area is 258 Å². The number of benzene rings is 3. The molecule has 0 spiro atoms. The highest BCUT2D eigenvalue weighted by atomic mass is 35.5. The normalized spacial score (nSPS) is 14.4. The van der Waals surface area contributed by atoms with Crippen LogP contribution in [0.1, 0.15) is 55.7 Å². The van der Waals surface area contributed by atoms with E-state index in [4.69, 9.17) is 23.2 Å². The van der Waals surface area contributed by atoms with Crippen LogP contribution >= 0.6 is 23.2 Å². The van der Waals surface area contributed by atoms with Crippen molar-refractivity contribution in [1.82, 2.24) is 10.2 Å². The SMILES string of the molecule is CCC(C(=O)NC1CCCC1)N(Cc1c(Cl)cccc1Cl)C(=O)CN(c1cccc(C)c1)S(=O)(=O)c1ccc(C)cc1. The molecule has 0 aromatic heterocycles. The third-order valence-electron chi connectivity index (χ3n) is 7.66. The molecule has 1 atom stereocenters. The lowest BCUT2D eigenvalue weighted by atomic mass is 10.1. The highest BCUT2D eigenvalue weighted by Gasteiger charge is 2.35. The summed E-state index contributed by atoms with van der Waals surface area (Å²) < 4.78 is 29.1. The molecule has 224 valence electrons. The summed E-state index contributed by atoms with van der Waals surface area (Å²) in [6.07, 6.45) is 4.19. The summed E-state index contributed by atoms with van der Waals surface area (Å²) in [6.45, 7) is 4.98. The Balaban J connectivity index is 1.75. The van der Waals surface area contributed by atoms with Crippen LogP contribution in [0, 0.1) is 13.8 Å². The summed E-state index contributed by atoms with van der Waals surface area (Å²) in [5.41, 5.74) is 2.59. The predicted molar refractivity (Wildman–Crippen MR) is 168 cm³/mol. The van der Waals surface area contributed by atoms with E-state index in [2.05, 4.69) is 5.32 Å². The Morgan fingerprint density at radius 1 is 0.929 bits per heavy atom. The minimum absolute atomic E-state index is 0.0538. The van der Waals surface area contributed by atoms with E-state index >= 15 is 0 Å². The number of aryl methyl sites for hydroxylation is 2. The van der Waals surface area contributed by atoms with Crippen LogP contribution in [-0.4, -0.2) is 43.8 Å². The molecule has 42 heavy (non-hydrogen) atoms. The van der Waals surface area contributed by atoms with Crippen LogP contribution in [0.2, 0.25) is 10.0 Å². The second kappa shape index (κ2) is 13.9. The van der Waals surface area contributed by atoms with Crippen LogP contribution in [0.25, 0.3) is 0 Å². The van der Waals surface area contributed by atoms with Crippen LogP contribution < -0.4 is 9.62 Å². The van der Waals surface area contributed by atoms with Crippen molar-refractivity contribution in [2.24, 2.45) is 0 Å². The fourth-order valence-corrected chi connectivity index (χ4v) is 7.21. The fraction of sp³-hybridized carbons (Fsp3) is 0.375. The molecule has 7 nitrogen and oxygen atoms in total. The van der Waals surface area contributed by atoms with Crippen LogP contribution in [0.4, 0.5) is 5.69 Å². The van der Waals surface area contributed by atoms with Gasteiger partial charge in [0.2, 0.25) is 11.8 Å². The Hall–Kier alpha value is -3.07. The molecule has 0 heterocycles. The average Bonchev–Trinajstić information content (AvgIpc) is 3.46. The van der Waals surface area contributed by atoms with Crippen molar-refractivity contribution in [2.75, 3.05) is 10.8 Å². The first-order valence-corrected chi connectivity index (χ1v) is 16.4. The van der Waals surface area contributed by atoms with Gasteiger partial charge < -0.3 is 10.2 Å². The average molecular weight is 631 g/mol. The quantitative estimate of drug-likeness (QED) is 0.256. The lowest BCUT2D eigenvalue weighted by molar-refractivity contribution is -0.140. The maximum Gasteiger partial charge on any atom is 0.264 e. The third-order valence-corrected chi connectivity index (χ3v) is 10.2. The first-order valence-electron chi connectivity index (χ1n) is 14.2. The molecule has 1 N–H and O–H groups in total. The number of anilines is 1. The van der Waals surface area contributed by atoms with Gasteiger partial charge in [-0.05, 0) is 75.1 Å². The Morgan fingerprint density at radius 3 is 2.14 bits per heavy atom. The van der Waals surface area contributed by atoms with Gasteiger partial charge in [0, 0.05) is 28.2 Å². The molecule has 1 unspecified atom stereocenters. The second-order valence-electron chi connectivity index (χ2n) is 10.8. The summed E-state index contributed by atoms with van der Waals surface area (Å²) in [5, 5.41) is 3.81. The van der Waals surface area contributed by atoms with E-state index in [-0.39, 0.29) is 23.4 Å². The van der Waals surface area contributed by atoms with Gasteiger partial charge in [-0.25, -0.2) is 8.42 Å². The highest BCUT2D eigenvalue weighted by molar-refractivity contribution is 7.92. The second-order valence-corrected chi connectivity index (χ2v) is 13.5. The largest absolute Gasteiger partial charge is 0.352 e. The van der Waals surface area contributed by atoms with Crippen LogP contribution in [0.5, 0.6) is 0 Å². The highest BCUT2D eigenvalue weighted by Crippen LogP contribution is 2.29. The lowest BCUT2D eigenvalue weighted by Crippen LogP contribution is -2.53. The molecule has 3 aromatic carbocycles. The van der Waals surface area contributed by atoms with Crippen molar-refractivity contribution >= 4 is 50.7 Å². The molecule has 3 aromatic rings. The van der Waals surface area contributed by atoms with E-state index in [0.717, 1.165) is 41.1 Å². The maximum absolute atomic E-state index is 14.3. The summed E-state index contributed by atoms with van der Waals surface area (Å²) in [5.74, 6) is -0.818. The number of hydrogen-bond acceptors (Lipinski definition) is 4. The first-order chi connectivity index (χ1) is 20.0. The van der Waals surface area contributed by atoms with E-state index in [1.54, 1.807) is 48.5 Å². The van der Waals surface area contributed by atoms with E-state index in [9.17, 15) is 18.0 Å². The number of rotatable bonds is 11. The minimum atomic E-state index is -4.14. The molecule has 1 aliphatic carbocycles. The topological polar surface area (TPSA) is 86.8 Å². The molecule has 10 heteroatoms. The van der Waals surface area contributed by atoms with E-state index < -0.39 is 28.5 Å². The summed E-state index contributed by atoms with van der Waals surface area (Å²) in [7, 11) is -4.14. The molecular formula is C32H37Cl2N3O4S. The standard InChI is InChI=1S/C32H37Cl2N3O4S/c1-4-30(32(39)35-24-10-5-6-11-24)36(20-27-28(33)13-8-14-29(27)34)31(38)21-37(25-12-7-9-23(3)19-25)42(40,41)26-17-15-22(2)16-18-26/h7-9,12-19,24,30H,4-6,10-11,20-21H2,1-3H3,(H,35,39). The Kier molecular flexibility index (Phi) is 10.6. The predicted octanol–water partition coefficient (Wildman–Crippen LogP) is 6.67. The van der Waals surface area contributed by atoms with Crippen molar-refractivity contribution in [3.05, 3.63) is 93.5 Å². The van der Waals surface area contributed by atoms with Gasteiger partial charge in [0.25, 0.3) is 10.0 Å². The zero-order chi connectivity index (χ0) is 30.4. The molecule has 1 fully saturated rings. The van der Waals surface area contributed by atoms with Crippen LogP contribution in [0.3, 0.4) is 0 Å². The number of nitrogens with one attached hydrogen (secondary N) is 1. The van der Waals surface area contributed by atoms with Crippen molar-refractivity contribution in [3.8, 4) is 0 Å². The van der Waals surface area contributed by atoms with E-state index in [0.29, 0.717) is 27.7 Å². The molecule has 0 radical (unpaired) electrons. The zero-order valence-electron chi connectivity index (χ0n) is 24.1. The Morgan fingerprint density at radius 2 is 1.55 bits per heavy atom. The van der Waals surface area contributed by atoms with Crippen molar-refractivity contribution in [1.29, 1.82) is 0 Å². The molecule has 0 aliphatic heterocycles. The lowest BCUT2D eigenvalue weighted by Gasteiger charge is -2.34. The number of halogens is 2. The number of hydrogen-bond donors (Lipinski definition) is 1. The molecule has 0 bridgehead atoms. The molecule has 1 aliphatic rings. The van der Waals surface area contributed by atoms with Gasteiger partial charge >= 0.3 is 0 Å². The van der Waals surface area contributed by atoms with Gasteiger partial charge in [-0.3, -0.25) is 13.9 Å². The van der Waals surface area contributed by atoms with E-state index in [1.807, 2.05) is 26.8 Å². The maximum atomic E-state index is 14.3. The van der Waals surface area contributed by atoms with Crippen molar-refractivity contribution in [2.45, 2.75) is 76.4 Å². The third kappa shape index (κ3) is 7.46. The smallest absolute Gasteiger partial charge is 0.264 e. The Bertz CT molecular complexity index is 1500. The number of carbonyl (C=O) groups excluding carboxylic acids is 2. The van der Waals surface area contributed by atoms with Crippen molar-refractivity contribution in [3.63, 3.8) is 0 Å². The number of nitrogens with zero attached hydrogens (tertiary/aromatic N) is 2. The van der Waals surface area contributed by atoms with Crippen molar-refractivity contribution < 1.29 is 18.0 Å². The van der Waals surface area contributed by atoms with Gasteiger partial charge in [-0.1, -0.05) is 78.9 Å². The van der Waals surface area contributed by atoms with Gasteiger partial charge in [0.15, 0.2) is 0 Å². The zero-order valence-corrected chi connectivity index (χ0v) is 26.5. The summed E-state index contributed by atoms with van der Waals surface area (Å²) in [6, 6.07) is 17.7. The molecular weight excluding hydrogens is 593 g/mol. The van der Waals surface area contributed by atoms with Gasteiger partial charge in [0.05, 0.1) is 10.6 Å². The van der Waals surface area contributed by atoms with Crippen LogP contribution in [0.15, 0.2) is 71.6 Å². The molecule has 0 saturated heterocycles. The summed E-state index contributed by atoms with van der Waals surface area (Å²) in [4.78, 5) is 29.3. The molecule has 1 saturated carbocycles. The van der Waals surface area contributed by atoms with Gasteiger partial charge in [-0.2, -0.15) is 0 Å². The number of amides is 2. The number of sulfonamides is 1. The fourth-order valence-electron chi connectivity index (χ4n) is 5.29. The van der Waals surface area contributed by atoms with E-state index in [1.165, 1.54) is 17.0 Å². The number of carbonyl (C=O) groups is 2. The minimum Gasteiger partial charge on any atom is -0.352 e. The van der Waals surface area contributed by atoms with Gasteiger partial charge in [-0.15, -0.1) is 0 Å². The monoisotopic (exact) mass is 629 g/mol. The van der Waals surface area contributed by atoms with Crippen LogP contribution in [-0.2, 0) is 26.2 Å². The van der Waals surface area contributed by atoms with Gasteiger partial charge in [0.1, 0.15) is 12.6 Å². The summed E-state index contributed by atoms with van der Waals surface area (Å²) >= 11 is 13.0. The molecule has 4 rings (SSSR count). The molecule has 2 amide bonds. The first kappa shape index (κ1) is 31.9.